The number of anilines is 1. The molecule has 0 aliphatic carbocycles. The fourth-order valence-corrected chi connectivity index (χ4v) is 4.15. The van der Waals surface area contributed by atoms with Crippen LogP contribution in [-0.2, 0) is 9.59 Å². The maximum atomic E-state index is 13.3. The molecule has 1 aliphatic heterocycles. The van der Waals surface area contributed by atoms with Crippen LogP contribution in [0.2, 0.25) is 0 Å². The molecule has 176 valence electrons. The third-order valence-corrected chi connectivity index (χ3v) is 5.80. The van der Waals surface area contributed by atoms with Crippen molar-refractivity contribution in [2.45, 2.75) is 40.7 Å². The average molecular weight is 460 g/mol. The summed E-state index contributed by atoms with van der Waals surface area (Å²) in [6, 6.07) is 15.1. The molecule has 0 saturated carbocycles. The molecule has 1 atom stereocenters. The molecule has 1 amide bonds. The van der Waals surface area contributed by atoms with Crippen LogP contribution in [0.4, 0.5) is 5.69 Å². The van der Waals surface area contributed by atoms with Crippen LogP contribution in [0.5, 0.6) is 5.75 Å². The largest absolute Gasteiger partial charge is 0.507 e. The van der Waals surface area contributed by atoms with Crippen LogP contribution in [0.1, 0.15) is 48.1 Å². The number of benzene rings is 2. The lowest BCUT2D eigenvalue weighted by Gasteiger charge is -2.25. The van der Waals surface area contributed by atoms with Crippen molar-refractivity contribution >= 4 is 23.1 Å². The summed E-state index contributed by atoms with van der Waals surface area (Å²) < 4.78 is 11.6. The van der Waals surface area contributed by atoms with Crippen molar-refractivity contribution in [1.29, 1.82) is 0 Å². The molecule has 0 radical (unpaired) electrons. The molecule has 4 rings (SSSR count). The average Bonchev–Trinajstić information content (AvgIpc) is 3.33. The number of furan rings is 1. The summed E-state index contributed by atoms with van der Waals surface area (Å²) >= 11 is 0. The second-order valence-corrected chi connectivity index (χ2v) is 9.14. The van der Waals surface area contributed by atoms with Gasteiger partial charge in [-0.25, -0.2) is 0 Å². The lowest BCUT2D eigenvalue weighted by atomic mass is 9.98. The Labute approximate surface area is 199 Å². The molecular formula is C28H29NO5. The van der Waals surface area contributed by atoms with Crippen molar-refractivity contribution in [3.8, 4) is 5.75 Å². The Bertz CT molecular complexity index is 1270. The third-order valence-electron chi connectivity index (χ3n) is 5.80. The Kier molecular flexibility index (Phi) is 6.33. The van der Waals surface area contributed by atoms with Gasteiger partial charge in [-0.2, -0.15) is 0 Å². The summed E-state index contributed by atoms with van der Waals surface area (Å²) in [7, 11) is 0. The first-order valence-corrected chi connectivity index (χ1v) is 11.3. The zero-order valence-electron chi connectivity index (χ0n) is 20.1. The van der Waals surface area contributed by atoms with Crippen LogP contribution in [0, 0.1) is 26.7 Å². The predicted octanol–water partition coefficient (Wildman–Crippen LogP) is 5.87. The van der Waals surface area contributed by atoms with Crippen molar-refractivity contribution in [3.05, 3.63) is 88.4 Å². The van der Waals surface area contributed by atoms with E-state index in [0.717, 1.165) is 11.1 Å². The number of aliphatic hydroxyl groups excluding tert-OH is 1. The van der Waals surface area contributed by atoms with E-state index in [1.807, 2.05) is 32.0 Å². The number of aryl methyl sites for hydroxylation is 3. The predicted molar refractivity (Wildman–Crippen MR) is 131 cm³/mol. The molecule has 2 heterocycles. The minimum atomic E-state index is -0.882. The number of carbonyl (C=O) groups is 2. The molecule has 1 saturated heterocycles. The third kappa shape index (κ3) is 4.36. The molecule has 1 N–H and O–H groups in total. The molecule has 0 spiro atoms. The topological polar surface area (TPSA) is 80.0 Å². The highest BCUT2D eigenvalue weighted by molar-refractivity contribution is 6.51. The molecule has 1 fully saturated rings. The number of carbonyl (C=O) groups excluding carboxylic acids is 2. The molecule has 2 aromatic carbocycles. The van der Waals surface area contributed by atoms with Crippen LogP contribution >= 0.6 is 0 Å². The SMILES string of the molecule is Cc1ccc(N2C(=O)C(=O)/C(=C(\O)c3ccc(OCC(C)C)cc3)C2c2ccc(C)o2)c(C)c1. The number of rotatable bonds is 6. The Morgan fingerprint density at radius 1 is 1.03 bits per heavy atom. The first-order chi connectivity index (χ1) is 16.2. The molecule has 1 aliphatic rings. The number of nitrogens with zero attached hydrogens (tertiary/aromatic N) is 1. The second kappa shape index (κ2) is 9.21. The summed E-state index contributed by atoms with van der Waals surface area (Å²) in [5.74, 6) is 0.398. The van der Waals surface area contributed by atoms with Gasteiger partial charge in [-0.05, 0) is 74.7 Å². The lowest BCUT2D eigenvalue weighted by molar-refractivity contribution is -0.132. The Morgan fingerprint density at radius 2 is 1.74 bits per heavy atom. The van der Waals surface area contributed by atoms with Crippen LogP contribution in [0.15, 0.2) is 64.6 Å². The molecule has 6 heteroatoms. The van der Waals surface area contributed by atoms with Gasteiger partial charge in [0.2, 0.25) is 0 Å². The van der Waals surface area contributed by atoms with Gasteiger partial charge in [0, 0.05) is 11.3 Å². The number of ketones is 1. The monoisotopic (exact) mass is 459 g/mol. The molecule has 34 heavy (non-hydrogen) atoms. The number of hydrogen-bond donors (Lipinski definition) is 1. The van der Waals surface area contributed by atoms with Crippen LogP contribution < -0.4 is 9.64 Å². The van der Waals surface area contributed by atoms with E-state index in [0.29, 0.717) is 41.0 Å². The smallest absolute Gasteiger partial charge is 0.300 e. The molecular weight excluding hydrogens is 430 g/mol. The van der Waals surface area contributed by atoms with Crippen LogP contribution in [0.25, 0.3) is 5.76 Å². The highest BCUT2D eigenvalue weighted by atomic mass is 16.5. The maximum Gasteiger partial charge on any atom is 0.300 e. The first-order valence-electron chi connectivity index (χ1n) is 11.3. The minimum absolute atomic E-state index is 0.00447. The van der Waals surface area contributed by atoms with Crippen molar-refractivity contribution < 1.29 is 23.8 Å². The summed E-state index contributed by atoms with van der Waals surface area (Å²) in [6.07, 6.45) is 0. The van der Waals surface area contributed by atoms with Gasteiger partial charge in [-0.3, -0.25) is 14.5 Å². The fraction of sp³-hybridized carbons (Fsp3) is 0.286. The molecule has 1 aromatic heterocycles. The van der Waals surface area contributed by atoms with Crippen molar-refractivity contribution in [2.24, 2.45) is 5.92 Å². The van der Waals surface area contributed by atoms with E-state index < -0.39 is 17.7 Å². The highest BCUT2D eigenvalue weighted by Gasteiger charge is 2.48. The van der Waals surface area contributed by atoms with Gasteiger partial charge in [-0.1, -0.05) is 31.5 Å². The number of Topliss-reactive ketones (excluding diaryl/α,β-unsaturated/α-hetero) is 1. The van der Waals surface area contributed by atoms with Crippen LogP contribution in [-0.4, -0.2) is 23.4 Å². The fourth-order valence-electron chi connectivity index (χ4n) is 4.15. The van der Waals surface area contributed by atoms with E-state index in [9.17, 15) is 14.7 Å². The van der Waals surface area contributed by atoms with Gasteiger partial charge in [0.05, 0.1) is 12.2 Å². The summed E-state index contributed by atoms with van der Waals surface area (Å²) in [6.45, 7) is 10.3. The molecule has 1 unspecified atom stereocenters. The maximum absolute atomic E-state index is 13.3. The van der Waals surface area contributed by atoms with Gasteiger partial charge in [0.15, 0.2) is 0 Å². The van der Waals surface area contributed by atoms with Crippen molar-refractivity contribution in [2.75, 3.05) is 11.5 Å². The number of hydrogen-bond acceptors (Lipinski definition) is 5. The number of ether oxygens (including phenoxy) is 1. The Morgan fingerprint density at radius 3 is 2.32 bits per heavy atom. The Balaban J connectivity index is 1.82. The van der Waals surface area contributed by atoms with Gasteiger partial charge in [0.1, 0.15) is 29.1 Å². The van der Waals surface area contributed by atoms with E-state index in [1.165, 1.54) is 4.90 Å². The minimum Gasteiger partial charge on any atom is -0.507 e. The van der Waals surface area contributed by atoms with E-state index in [2.05, 4.69) is 13.8 Å². The van der Waals surface area contributed by atoms with Crippen LogP contribution in [0.3, 0.4) is 0 Å². The lowest BCUT2D eigenvalue weighted by Crippen LogP contribution is -2.30. The standard InChI is InChI=1S/C28H29NO5/c1-16(2)15-33-21-10-8-20(9-11-21)26(30)24-25(23-13-7-19(5)34-23)29(28(32)27(24)31)22-12-6-17(3)14-18(22)4/h6-14,16,25,30H,15H2,1-5H3/b26-24-. The second-order valence-electron chi connectivity index (χ2n) is 9.14. The zero-order valence-corrected chi connectivity index (χ0v) is 20.1. The van der Waals surface area contributed by atoms with Gasteiger partial charge >= 0.3 is 0 Å². The number of amides is 1. The quantitative estimate of drug-likeness (QED) is 0.283. The van der Waals surface area contributed by atoms with E-state index in [1.54, 1.807) is 43.3 Å². The normalized spacial score (nSPS) is 17.6. The van der Waals surface area contributed by atoms with Gasteiger partial charge in [-0.15, -0.1) is 0 Å². The van der Waals surface area contributed by atoms with Crippen molar-refractivity contribution in [3.63, 3.8) is 0 Å². The van der Waals surface area contributed by atoms with Gasteiger partial charge in [0.25, 0.3) is 11.7 Å². The van der Waals surface area contributed by atoms with Gasteiger partial charge < -0.3 is 14.3 Å². The molecule has 3 aromatic rings. The zero-order chi connectivity index (χ0) is 24.6. The number of aliphatic hydroxyl groups is 1. The summed E-state index contributed by atoms with van der Waals surface area (Å²) in [5.41, 5.74) is 2.91. The first kappa shape index (κ1) is 23.4. The summed E-state index contributed by atoms with van der Waals surface area (Å²) in [5, 5.41) is 11.2. The van der Waals surface area contributed by atoms with Crippen molar-refractivity contribution in [1.82, 2.24) is 0 Å². The summed E-state index contributed by atoms with van der Waals surface area (Å²) in [4.78, 5) is 27.9. The molecule has 0 bridgehead atoms. The van der Waals surface area contributed by atoms with E-state index >= 15 is 0 Å². The Hall–Kier alpha value is -3.80. The van der Waals surface area contributed by atoms with E-state index in [4.69, 9.17) is 9.15 Å². The molecule has 6 nitrogen and oxygen atoms in total. The highest BCUT2D eigenvalue weighted by Crippen LogP contribution is 2.43. The van der Waals surface area contributed by atoms with E-state index in [-0.39, 0.29) is 11.3 Å².